The van der Waals surface area contributed by atoms with Gasteiger partial charge in [-0.3, -0.25) is 0 Å². The summed E-state index contributed by atoms with van der Waals surface area (Å²) >= 11 is 0. The number of hydrogen-bond acceptors (Lipinski definition) is 1. The average molecular weight is 146 g/mol. The quantitative estimate of drug-likeness (QED) is 0.502. The highest BCUT2D eigenvalue weighted by Crippen LogP contribution is 2.00. The minimum atomic E-state index is 1.01. The van der Waals surface area contributed by atoms with Crippen molar-refractivity contribution in [2.24, 2.45) is 0 Å². The molecule has 11 heavy (non-hydrogen) atoms. The normalized spacial score (nSPS) is 11.3. The van der Waals surface area contributed by atoms with E-state index in [1.807, 2.05) is 36.4 Å². The first-order chi connectivity index (χ1) is 5.43. The molecule has 0 spiro atoms. The van der Waals surface area contributed by atoms with E-state index in [0.29, 0.717) is 0 Å². The van der Waals surface area contributed by atoms with Crippen LogP contribution in [0.15, 0.2) is 48.7 Å². The van der Waals surface area contributed by atoms with Gasteiger partial charge in [-0.1, -0.05) is 42.5 Å². The molecule has 56 valence electrons. The molecular weight excluding hydrogens is 136 g/mol. The Labute approximate surface area is 66.3 Å². The van der Waals surface area contributed by atoms with Crippen molar-refractivity contribution in [3.63, 3.8) is 0 Å². The lowest BCUT2D eigenvalue weighted by atomic mass is 10.2. The molecule has 0 saturated heterocycles. The Morgan fingerprint density at radius 3 is 2.36 bits per heavy atom. The number of aliphatic hydroxyl groups excluding tert-OH is 1. The van der Waals surface area contributed by atoms with Crippen molar-refractivity contribution in [2.45, 2.75) is 0 Å². The Morgan fingerprint density at radius 2 is 1.73 bits per heavy atom. The number of rotatable bonds is 2. The third kappa shape index (κ3) is 2.72. The summed E-state index contributed by atoms with van der Waals surface area (Å²) in [5.41, 5.74) is 1.13. The summed E-state index contributed by atoms with van der Waals surface area (Å²) in [6, 6.07) is 9.92. The van der Waals surface area contributed by atoms with Gasteiger partial charge < -0.3 is 5.11 Å². The number of hydrogen-bond donors (Lipinski definition) is 1. The molecule has 0 aliphatic heterocycles. The van der Waals surface area contributed by atoms with Crippen LogP contribution in [0.1, 0.15) is 5.56 Å². The summed E-state index contributed by atoms with van der Waals surface area (Å²) in [5.74, 6) is 0. The van der Waals surface area contributed by atoms with Crippen molar-refractivity contribution in [1.29, 1.82) is 0 Å². The van der Waals surface area contributed by atoms with Crippen molar-refractivity contribution >= 4 is 6.08 Å². The fourth-order valence-corrected chi connectivity index (χ4v) is 0.781. The first kappa shape index (κ1) is 7.61. The molecule has 0 atom stereocenters. The summed E-state index contributed by atoms with van der Waals surface area (Å²) in [4.78, 5) is 0. The predicted octanol–water partition coefficient (Wildman–Crippen LogP) is 2.77. The number of allylic oxidation sites excluding steroid dienone is 2. The van der Waals surface area contributed by atoms with Crippen LogP contribution in [0.4, 0.5) is 0 Å². The summed E-state index contributed by atoms with van der Waals surface area (Å²) in [7, 11) is 0. The van der Waals surface area contributed by atoms with Crippen LogP contribution in [0.5, 0.6) is 0 Å². The van der Waals surface area contributed by atoms with Crippen LogP contribution in [0, 0.1) is 0 Å². The van der Waals surface area contributed by atoms with Crippen LogP contribution in [0.2, 0.25) is 0 Å². The molecule has 1 N–H and O–H groups in total. The standard InChI is InChI=1S/C10H10O/c11-9-5-4-8-10-6-2-1-3-7-10/h1-9,11H/b8-4-,9-5+. The van der Waals surface area contributed by atoms with Gasteiger partial charge in [-0.15, -0.1) is 0 Å². The minimum Gasteiger partial charge on any atom is -0.516 e. The van der Waals surface area contributed by atoms with E-state index in [1.54, 1.807) is 12.2 Å². The molecule has 0 radical (unpaired) electrons. The monoisotopic (exact) mass is 146 g/mol. The van der Waals surface area contributed by atoms with Crippen molar-refractivity contribution in [1.82, 2.24) is 0 Å². The van der Waals surface area contributed by atoms with E-state index in [-0.39, 0.29) is 0 Å². The maximum atomic E-state index is 8.31. The van der Waals surface area contributed by atoms with Gasteiger partial charge in [-0.05, 0) is 11.6 Å². The Balaban J connectivity index is 2.64. The summed E-state index contributed by atoms with van der Waals surface area (Å²) in [5, 5.41) is 8.31. The second-order valence-corrected chi connectivity index (χ2v) is 2.11. The van der Waals surface area contributed by atoms with Gasteiger partial charge in [0.25, 0.3) is 0 Å². The van der Waals surface area contributed by atoms with E-state index in [9.17, 15) is 0 Å². The lowest BCUT2D eigenvalue weighted by Crippen LogP contribution is -1.66. The van der Waals surface area contributed by atoms with Crippen molar-refractivity contribution in [3.05, 3.63) is 54.3 Å². The van der Waals surface area contributed by atoms with Crippen LogP contribution in [-0.2, 0) is 0 Å². The molecule has 1 heteroatoms. The van der Waals surface area contributed by atoms with E-state index >= 15 is 0 Å². The van der Waals surface area contributed by atoms with Crippen LogP contribution in [0.25, 0.3) is 6.08 Å². The van der Waals surface area contributed by atoms with Crippen LogP contribution < -0.4 is 0 Å². The minimum absolute atomic E-state index is 1.01. The highest BCUT2D eigenvalue weighted by molar-refractivity contribution is 5.50. The molecule has 0 fully saturated rings. The summed E-state index contributed by atoms with van der Waals surface area (Å²) < 4.78 is 0. The highest BCUT2D eigenvalue weighted by Gasteiger charge is 1.78. The fraction of sp³-hybridized carbons (Fsp3) is 0. The lowest BCUT2D eigenvalue weighted by Gasteiger charge is -1.87. The molecule has 0 heterocycles. The molecule has 1 rings (SSSR count). The summed E-state index contributed by atoms with van der Waals surface area (Å²) in [6.45, 7) is 0. The zero-order valence-corrected chi connectivity index (χ0v) is 6.14. The van der Waals surface area contributed by atoms with Crippen molar-refractivity contribution < 1.29 is 5.11 Å². The molecule has 0 unspecified atom stereocenters. The van der Waals surface area contributed by atoms with E-state index in [4.69, 9.17) is 5.11 Å². The predicted molar refractivity (Wildman–Crippen MR) is 47.2 cm³/mol. The SMILES string of the molecule is O/C=C/C=C\c1ccccc1. The van der Waals surface area contributed by atoms with Gasteiger partial charge in [-0.2, -0.15) is 0 Å². The van der Waals surface area contributed by atoms with Gasteiger partial charge in [0, 0.05) is 0 Å². The Morgan fingerprint density at radius 1 is 1.00 bits per heavy atom. The topological polar surface area (TPSA) is 20.2 Å². The van der Waals surface area contributed by atoms with Gasteiger partial charge in [0.05, 0.1) is 6.26 Å². The smallest absolute Gasteiger partial charge is 0.0791 e. The highest BCUT2D eigenvalue weighted by atomic mass is 16.2. The van der Waals surface area contributed by atoms with Gasteiger partial charge in [0.1, 0.15) is 0 Å². The van der Waals surface area contributed by atoms with E-state index in [2.05, 4.69) is 0 Å². The first-order valence-corrected chi connectivity index (χ1v) is 3.46. The van der Waals surface area contributed by atoms with E-state index < -0.39 is 0 Å². The zero-order chi connectivity index (χ0) is 7.94. The van der Waals surface area contributed by atoms with Gasteiger partial charge in [-0.25, -0.2) is 0 Å². The van der Waals surface area contributed by atoms with Gasteiger partial charge >= 0.3 is 0 Å². The number of aliphatic hydroxyl groups is 1. The zero-order valence-electron chi connectivity index (χ0n) is 6.14. The second kappa shape index (κ2) is 4.34. The Kier molecular flexibility index (Phi) is 3.00. The molecule has 1 nitrogen and oxygen atoms in total. The fourth-order valence-electron chi connectivity index (χ4n) is 0.781. The molecule has 0 aliphatic rings. The maximum Gasteiger partial charge on any atom is 0.0791 e. The number of benzene rings is 1. The van der Waals surface area contributed by atoms with Crippen molar-refractivity contribution in [3.8, 4) is 0 Å². The molecule has 1 aromatic rings. The van der Waals surface area contributed by atoms with Gasteiger partial charge in [0.2, 0.25) is 0 Å². The largest absolute Gasteiger partial charge is 0.516 e. The maximum absolute atomic E-state index is 8.31. The van der Waals surface area contributed by atoms with Crippen LogP contribution >= 0.6 is 0 Å². The van der Waals surface area contributed by atoms with Gasteiger partial charge in [0.15, 0.2) is 0 Å². The molecule has 0 amide bonds. The Hall–Kier alpha value is -1.50. The van der Waals surface area contributed by atoms with Crippen LogP contribution in [-0.4, -0.2) is 5.11 Å². The Bertz CT molecular complexity index is 247. The van der Waals surface area contributed by atoms with Crippen LogP contribution in [0.3, 0.4) is 0 Å². The third-order valence-electron chi connectivity index (χ3n) is 1.29. The second-order valence-electron chi connectivity index (χ2n) is 2.11. The molecule has 0 aromatic heterocycles. The van der Waals surface area contributed by atoms with E-state index in [0.717, 1.165) is 11.8 Å². The molecule has 1 aromatic carbocycles. The summed E-state index contributed by atoms with van der Waals surface area (Å²) in [6.07, 6.45) is 6.30. The average Bonchev–Trinajstić information content (AvgIpc) is 2.07. The molecule has 0 bridgehead atoms. The third-order valence-corrected chi connectivity index (χ3v) is 1.29. The molecule has 0 aliphatic carbocycles. The first-order valence-electron chi connectivity index (χ1n) is 3.46. The molecular formula is C10H10O. The molecule has 0 saturated carbocycles. The van der Waals surface area contributed by atoms with E-state index in [1.165, 1.54) is 0 Å². The van der Waals surface area contributed by atoms with Crippen molar-refractivity contribution in [2.75, 3.05) is 0 Å². The lowest BCUT2D eigenvalue weighted by molar-refractivity contribution is 0.474.